The third kappa shape index (κ3) is 3.33. The lowest BCUT2D eigenvalue weighted by Gasteiger charge is -2.20. The molecule has 2 unspecified atom stereocenters. The Bertz CT molecular complexity index is 350. The van der Waals surface area contributed by atoms with Gasteiger partial charge < -0.3 is 15.4 Å². The summed E-state index contributed by atoms with van der Waals surface area (Å²) in [7, 11) is 1.65. The second-order valence-electron chi connectivity index (χ2n) is 4.63. The van der Waals surface area contributed by atoms with Gasteiger partial charge >= 0.3 is 0 Å². The standard InChI is InChI=1S/C13H21N3O/c1-10(9-11-5-3-7-14-11)16-12-6-4-8-15-13(12)17-2/h4,6,8,10-11,14,16H,3,5,7,9H2,1-2H3. The third-order valence-electron chi connectivity index (χ3n) is 3.17. The molecule has 0 saturated carbocycles. The quantitative estimate of drug-likeness (QED) is 0.820. The monoisotopic (exact) mass is 235 g/mol. The molecule has 2 heterocycles. The molecule has 0 aliphatic carbocycles. The van der Waals surface area contributed by atoms with Crippen molar-refractivity contribution in [1.29, 1.82) is 0 Å². The summed E-state index contributed by atoms with van der Waals surface area (Å²) < 4.78 is 5.23. The Labute approximate surface area is 103 Å². The van der Waals surface area contributed by atoms with Crippen LogP contribution in [0.25, 0.3) is 0 Å². The topological polar surface area (TPSA) is 46.2 Å². The molecule has 0 spiro atoms. The zero-order valence-electron chi connectivity index (χ0n) is 10.6. The van der Waals surface area contributed by atoms with Gasteiger partial charge in [-0.1, -0.05) is 0 Å². The molecular weight excluding hydrogens is 214 g/mol. The van der Waals surface area contributed by atoms with E-state index in [4.69, 9.17) is 4.74 Å². The fourth-order valence-corrected chi connectivity index (χ4v) is 2.37. The van der Waals surface area contributed by atoms with Crippen LogP contribution in [0.2, 0.25) is 0 Å². The average molecular weight is 235 g/mol. The van der Waals surface area contributed by atoms with Crippen molar-refractivity contribution in [3.05, 3.63) is 18.3 Å². The van der Waals surface area contributed by atoms with Crippen LogP contribution in [0.15, 0.2) is 18.3 Å². The van der Waals surface area contributed by atoms with Crippen LogP contribution in [0, 0.1) is 0 Å². The molecular formula is C13H21N3O. The van der Waals surface area contributed by atoms with Crippen LogP contribution < -0.4 is 15.4 Å². The minimum atomic E-state index is 0.420. The SMILES string of the molecule is COc1ncccc1NC(C)CC1CCCN1. The molecule has 1 fully saturated rings. The van der Waals surface area contributed by atoms with Crippen LogP contribution in [0.1, 0.15) is 26.2 Å². The number of aromatic nitrogens is 1. The molecule has 1 saturated heterocycles. The van der Waals surface area contributed by atoms with Crippen LogP contribution >= 0.6 is 0 Å². The fraction of sp³-hybridized carbons (Fsp3) is 0.615. The molecule has 4 nitrogen and oxygen atoms in total. The minimum Gasteiger partial charge on any atom is -0.480 e. The first-order valence-corrected chi connectivity index (χ1v) is 6.28. The van der Waals surface area contributed by atoms with Crippen molar-refractivity contribution in [2.45, 2.75) is 38.3 Å². The smallest absolute Gasteiger partial charge is 0.237 e. The van der Waals surface area contributed by atoms with Gasteiger partial charge in [0, 0.05) is 18.3 Å². The summed E-state index contributed by atoms with van der Waals surface area (Å²) in [4.78, 5) is 4.18. The summed E-state index contributed by atoms with van der Waals surface area (Å²) in [6, 6.07) is 5.00. The molecule has 2 rings (SSSR count). The molecule has 1 aliphatic heterocycles. The summed E-state index contributed by atoms with van der Waals surface area (Å²) >= 11 is 0. The molecule has 1 aliphatic rings. The van der Waals surface area contributed by atoms with Crippen molar-refractivity contribution >= 4 is 5.69 Å². The molecule has 2 N–H and O–H groups in total. The molecule has 2 atom stereocenters. The lowest BCUT2D eigenvalue weighted by molar-refractivity contribution is 0.398. The molecule has 1 aromatic heterocycles. The summed E-state index contributed by atoms with van der Waals surface area (Å²) in [5.41, 5.74) is 0.973. The van der Waals surface area contributed by atoms with Crippen LogP contribution in [-0.4, -0.2) is 30.7 Å². The first-order chi connectivity index (χ1) is 8.29. The number of ether oxygens (including phenoxy) is 1. The highest BCUT2D eigenvalue weighted by molar-refractivity contribution is 5.52. The van der Waals surface area contributed by atoms with Gasteiger partial charge in [0.05, 0.1) is 12.8 Å². The van der Waals surface area contributed by atoms with E-state index >= 15 is 0 Å². The maximum absolute atomic E-state index is 5.23. The Balaban J connectivity index is 1.90. The highest BCUT2D eigenvalue weighted by Gasteiger charge is 2.17. The number of nitrogens with zero attached hydrogens (tertiary/aromatic N) is 1. The van der Waals surface area contributed by atoms with Gasteiger partial charge in [0.25, 0.3) is 0 Å². The highest BCUT2D eigenvalue weighted by Crippen LogP contribution is 2.22. The van der Waals surface area contributed by atoms with Gasteiger partial charge in [-0.05, 0) is 44.9 Å². The average Bonchev–Trinajstić information content (AvgIpc) is 2.82. The molecule has 4 heteroatoms. The maximum atomic E-state index is 5.23. The van der Waals surface area contributed by atoms with E-state index in [2.05, 4.69) is 22.5 Å². The van der Waals surface area contributed by atoms with E-state index in [0.717, 1.165) is 18.7 Å². The first-order valence-electron chi connectivity index (χ1n) is 6.28. The summed E-state index contributed by atoms with van der Waals surface area (Å²) in [6.07, 6.45) is 5.47. The lowest BCUT2D eigenvalue weighted by atomic mass is 10.1. The van der Waals surface area contributed by atoms with Gasteiger partial charge in [-0.25, -0.2) is 4.98 Å². The highest BCUT2D eigenvalue weighted by atomic mass is 16.5. The number of nitrogens with one attached hydrogen (secondary N) is 2. The number of rotatable bonds is 5. The number of anilines is 1. The number of methoxy groups -OCH3 is 1. The molecule has 0 radical (unpaired) electrons. The predicted octanol–water partition coefficient (Wildman–Crippen LogP) is 2.03. The fourth-order valence-electron chi connectivity index (χ4n) is 2.37. The second-order valence-corrected chi connectivity index (χ2v) is 4.63. The minimum absolute atomic E-state index is 0.420. The van der Waals surface area contributed by atoms with E-state index in [1.807, 2.05) is 12.1 Å². The molecule has 17 heavy (non-hydrogen) atoms. The second kappa shape index (κ2) is 5.87. The molecule has 94 valence electrons. The maximum Gasteiger partial charge on any atom is 0.237 e. The van der Waals surface area contributed by atoms with Gasteiger partial charge in [-0.2, -0.15) is 0 Å². The van der Waals surface area contributed by atoms with E-state index in [9.17, 15) is 0 Å². The van der Waals surface area contributed by atoms with E-state index in [0.29, 0.717) is 18.0 Å². The summed E-state index contributed by atoms with van der Waals surface area (Å²) in [6.45, 7) is 3.36. The van der Waals surface area contributed by atoms with Crippen molar-refractivity contribution in [2.75, 3.05) is 19.0 Å². The van der Waals surface area contributed by atoms with E-state index in [-0.39, 0.29) is 0 Å². The Kier molecular flexibility index (Phi) is 4.20. The van der Waals surface area contributed by atoms with Gasteiger partial charge in [0.2, 0.25) is 5.88 Å². The van der Waals surface area contributed by atoms with E-state index in [1.165, 1.54) is 12.8 Å². The number of hydrogen-bond donors (Lipinski definition) is 2. The summed E-state index contributed by atoms with van der Waals surface area (Å²) in [5, 5.41) is 6.98. The van der Waals surface area contributed by atoms with Crippen LogP contribution in [0.3, 0.4) is 0 Å². The van der Waals surface area contributed by atoms with Crippen molar-refractivity contribution in [3.8, 4) is 5.88 Å². The predicted molar refractivity (Wildman–Crippen MR) is 69.5 cm³/mol. The van der Waals surface area contributed by atoms with Gasteiger partial charge in [0.15, 0.2) is 0 Å². The van der Waals surface area contributed by atoms with Gasteiger partial charge in [0.1, 0.15) is 0 Å². The van der Waals surface area contributed by atoms with Gasteiger partial charge in [-0.15, -0.1) is 0 Å². The van der Waals surface area contributed by atoms with E-state index < -0.39 is 0 Å². The Morgan fingerprint density at radius 2 is 2.53 bits per heavy atom. The van der Waals surface area contributed by atoms with Crippen LogP contribution in [-0.2, 0) is 0 Å². The van der Waals surface area contributed by atoms with Crippen molar-refractivity contribution in [3.63, 3.8) is 0 Å². The van der Waals surface area contributed by atoms with Crippen molar-refractivity contribution < 1.29 is 4.74 Å². The molecule has 0 aromatic carbocycles. The van der Waals surface area contributed by atoms with Crippen molar-refractivity contribution in [2.24, 2.45) is 0 Å². The Hall–Kier alpha value is -1.29. The zero-order chi connectivity index (χ0) is 12.1. The largest absolute Gasteiger partial charge is 0.480 e. The van der Waals surface area contributed by atoms with Crippen LogP contribution in [0.4, 0.5) is 5.69 Å². The van der Waals surface area contributed by atoms with Crippen molar-refractivity contribution in [1.82, 2.24) is 10.3 Å². The third-order valence-corrected chi connectivity index (χ3v) is 3.17. The number of hydrogen-bond acceptors (Lipinski definition) is 4. The molecule has 0 amide bonds. The molecule has 0 bridgehead atoms. The Morgan fingerprint density at radius 1 is 1.65 bits per heavy atom. The van der Waals surface area contributed by atoms with Crippen LogP contribution in [0.5, 0.6) is 5.88 Å². The molecule has 1 aromatic rings. The van der Waals surface area contributed by atoms with E-state index in [1.54, 1.807) is 13.3 Å². The first kappa shape index (κ1) is 12.2. The summed E-state index contributed by atoms with van der Waals surface area (Å²) in [5.74, 6) is 0.665. The number of pyridine rings is 1. The lowest BCUT2D eigenvalue weighted by Crippen LogP contribution is -2.29. The Morgan fingerprint density at radius 3 is 3.24 bits per heavy atom. The van der Waals surface area contributed by atoms with Gasteiger partial charge in [-0.3, -0.25) is 0 Å². The zero-order valence-corrected chi connectivity index (χ0v) is 10.6. The normalized spacial score (nSPS) is 21.2.